The molecule has 7 heteroatoms. The fourth-order valence-corrected chi connectivity index (χ4v) is 6.00. The molecule has 0 bridgehead atoms. The normalized spacial score (nSPS) is 22.8. The van der Waals surface area contributed by atoms with Crippen LogP contribution in [0.2, 0.25) is 0 Å². The Hall–Kier alpha value is -1.29. The van der Waals surface area contributed by atoms with Gasteiger partial charge in [-0.2, -0.15) is 0 Å². The van der Waals surface area contributed by atoms with Gasteiger partial charge in [-0.1, -0.05) is 64.5 Å². The number of allylic oxidation sites excluding steroid dienone is 2. The van der Waals surface area contributed by atoms with E-state index in [-0.39, 0.29) is 23.8 Å². The van der Waals surface area contributed by atoms with Gasteiger partial charge in [0, 0.05) is 16.5 Å². The molecule has 0 N–H and O–H groups in total. The second-order valence-corrected chi connectivity index (χ2v) is 11.2. The molecule has 1 saturated carbocycles. The number of terminal acetylenes is 1. The van der Waals surface area contributed by atoms with Crippen LogP contribution >= 0.6 is 51.3 Å². The van der Waals surface area contributed by atoms with Crippen LogP contribution in [0, 0.1) is 25.2 Å². The Balaban J connectivity index is 0.00000306. The Labute approximate surface area is 220 Å². The molecule has 176 valence electrons. The minimum absolute atomic E-state index is 0. The Morgan fingerprint density at radius 2 is 2.03 bits per heavy atom. The van der Waals surface area contributed by atoms with Crippen molar-refractivity contribution in [1.82, 2.24) is 4.98 Å². The van der Waals surface area contributed by atoms with Crippen LogP contribution in [0.1, 0.15) is 48.4 Å². The third-order valence-corrected chi connectivity index (χ3v) is 8.27. The van der Waals surface area contributed by atoms with E-state index in [0.29, 0.717) is 6.54 Å². The van der Waals surface area contributed by atoms with Gasteiger partial charge >= 0.3 is 0 Å². The van der Waals surface area contributed by atoms with Crippen LogP contribution in [0.4, 0.5) is 5.13 Å². The molecule has 0 amide bonds. The lowest BCUT2D eigenvalue weighted by molar-refractivity contribution is 0.0294. The molecular formula is C26H29BrCl2N2OS. The maximum absolute atomic E-state index is 6.77. The predicted octanol–water partition coefficient (Wildman–Crippen LogP) is 7.58. The zero-order chi connectivity index (χ0) is 22.9. The number of hydrogen-bond acceptors (Lipinski definition) is 4. The van der Waals surface area contributed by atoms with Crippen molar-refractivity contribution >= 4 is 56.4 Å². The van der Waals surface area contributed by atoms with Gasteiger partial charge < -0.3 is 9.64 Å². The maximum Gasteiger partial charge on any atom is 0.187 e. The number of hydrogen-bond donors (Lipinski definition) is 0. The Kier molecular flexibility index (Phi) is 8.75. The number of benzene rings is 1. The highest BCUT2D eigenvalue weighted by molar-refractivity contribution is 9.10. The first-order valence-corrected chi connectivity index (χ1v) is 12.9. The molecule has 4 rings (SSSR count). The number of halogens is 3. The van der Waals surface area contributed by atoms with E-state index in [2.05, 4.69) is 70.9 Å². The first kappa shape index (κ1) is 26.3. The minimum atomic E-state index is -0.787. The summed E-state index contributed by atoms with van der Waals surface area (Å²) in [4.78, 5) is 8.50. The second kappa shape index (κ2) is 11.0. The van der Waals surface area contributed by atoms with Crippen LogP contribution in [-0.2, 0) is 10.3 Å². The summed E-state index contributed by atoms with van der Waals surface area (Å²) in [5.41, 5.74) is 2.45. The number of nitrogens with zero attached hydrogens (tertiary/aromatic N) is 2. The summed E-state index contributed by atoms with van der Waals surface area (Å²) < 4.78 is 7.11. The molecule has 2 aliphatic rings. The predicted molar refractivity (Wildman–Crippen MR) is 146 cm³/mol. The van der Waals surface area contributed by atoms with Crippen molar-refractivity contribution in [2.75, 3.05) is 18.6 Å². The molecule has 33 heavy (non-hydrogen) atoms. The smallest absolute Gasteiger partial charge is 0.187 e. The molecule has 2 aliphatic carbocycles. The van der Waals surface area contributed by atoms with E-state index < -0.39 is 5.60 Å². The maximum atomic E-state index is 6.77. The van der Waals surface area contributed by atoms with Crippen molar-refractivity contribution in [3.8, 4) is 12.3 Å². The second-order valence-electron chi connectivity index (χ2n) is 8.63. The summed E-state index contributed by atoms with van der Waals surface area (Å²) in [6.07, 6.45) is 15.6. The Morgan fingerprint density at radius 1 is 1.33 bits per heavy atom. The first-order chi connectivity index (χ1) is 15.4. The number of anilines is 1. The van der Waals surface area contributed by atoms with Crippen molar-refractivity contribution in [3.63, 3.8) is 0 Å². The molecule has 1 aromatic carbocycles. The lowest BCUT2D eigenvalue weighted by Crippen LogP contribution is -2.38. The van der Waals surface area contributed by atoms with Crippen LogP contribution in [0.3, 0.4) is 0 Å². The first-order valence-electron chi connectivity index (χ1n) is 10.9. The van der Waals surface area contributed by atoms with Gasteiger partial charge in [0.2, 0.25) is 0 Å². The van der Waals surface area contributed by atoms with Gasteiger partial charge in [0.15, 0.2) is 5.13 Å². The highest BCUT2D eigenvalue weighted by Crippen LogP contribution is 2.46. The largest absolute Gasteiger partial charge is 0.366 e. The van der Waals surface area contributed by atoms with E-state index in [1.54, 1.807) is 18.4 Å². The van der Waals surface area contributed by atoms with Crippen LogP contribution in [0.25, 0.3) is 0 Å². The van der Waals surface area contributed by atoms with Gasteiger partial charge in [-0.25, -0.2) is 4.98 Å². The summed E-state index contributed by atoms with van der Waals surface area (Å²) in [7, 11) is 1.70. The van der Waals surface area contributed by atoms with Crippen LogP contribution < -0.4 is 4.90 Å². The summed E-state index contributed by atoms with van der Waals surface area (Å²) in [5.74, 6) is 3.62. The number of aromatic nitrogens is 1. The molecule has 0 saturated heterocycles. The topological polar surface area (TPSA) is 25.4 Å². The quantitative estimate of drug-likeness (QED) is 0.243. The van der Waals surface area contributed by atoms with Gasteiger partial charge in [-0.05, 0) is 50.0 Å². The van der Waals surface area contributed by atoms with Gasteiger partial charge in [0.1, 0.15) is 5.60 Å². The third-order valence-electron chi connectivity index (χ3n) is 6.26. The number of aryl methyl sites for hydroxylation is 1. The average molecular weight is 568 g/mol. The van der Waals surface area contributed by atoms with E-state index in [0.717, 1.165) is 38.1 Å². The zero-order valence-corrected chi connectivity index (χ0v) is 23.0. The number of methoxy groups -OCH3 is 1. The molecule has 2 aromatic rings. The van der Waals surface area contributed by atoms with Crippen LogP contribution in [0.15, 0.2) is 52.5 Å². The van der Waals surface area contributed by atoms with Gasteiger partial charge in [-0.15, -0.1) is 41.8 Å². The lowest BCUT2D eigenvalue weighted by Gasteiger charge is -2.34. The van der Waals surface area contributed by atoms with Crippen LogP contribution in [-0.4, -0.2) is 24.0 Å². The summed E-state index contributed by atoms with van der Waals surface area (Å²) in [6, 6.07) is 8.75. The van der Waals surface area contributed by atoms with E-state index >= 15 is 0 Å². The summed E-state index contributed by atoms with van der Waals surface area (Å²) in [5, 5.41) is 0.588. The molecule has 2 unspecified atom stereocenters. The average Bonchev–Trinajstić information content (AvgIpc) is 3.52. The molecule has 0 radical (unpaired) electrons. The number of ether oxygens (including phenoxy) is 1. The van der Waals surface area contributed by atoms with Crippen LogP contribution in [0.5, 0.6) is 0 Å². The zero-order valence-electron chi connectivity index (χ0n) is 19.1. The van der Waals surface area contributed by atoms with Gasteiger partial charge in [-0.3, -0.25) is 0 Å². The molecule has 1 aromatic heterocycles. The molecule has 1 fully saturated rings. The molecule has 0 aliphatic heterocycles. The molecule has 1 heterocycles. The van der Waals surface area contributed by atoms with Crippen molar-refractivity contribution in [2.24, 2.45) is 5.92 Å². The van der Waals surface area contributed by atoms with Crippen molar-refractivity contribution in [3.05, 3.63) is 68.7 Å². The van der Waals surface area contributed by atoms with Gasteiger partial charge in [0.25, 0.3) is 0 Å². The summed E-state index contributed by atoms with van der Waals surface area (Å²) >= 11 is 12.0. The number of thiazole rings is 1. The monoisotopic (exact) mass is 566 g/mol. The SMILES string of the molecule is C#CCN(c1nc(C2(OC)C=C(C)C=CC2Cl)c(C)s1)[C@@H](CC1CC1)c1ccc(Br)cc1.Cl. The standard InChI is InChI=1S/C26H28BrClN2OS.ClH/c1-5-14-30(22(15-19-7-8-19)20-9-11-21(27)12-10-20)25-29-24(18(3)32-25)26(31-4)16-17(2)6-13-23(26)28;/h1,6,9-13,16,19,22-23H,7-8,14-15H2,2-4H3;1H/t22-,23?,26?;/m0./s1. The summed E-state index contributed by atoms with van der Waals surface area (Å²) in [6.45, 7) is 4.64. The highest BCUT2D eigenvalue weighted by Gasteiger charge is 2.43. The van der Waals surface area contributed by atoms with E-state index in [9.17, 15) is 0 Å². The van der Waals surface area contributed by atoms with Crippen molar-refractivity contribution < 1.29 is 4.74 Å². The lowest BCUT2D eigenvalue weighted by atomic mass is 9.87. The van der Waals surface area contributed by atoms with Crippen molar-refractivity contribution in [2.45, 2.75) is 50.1 Å². The fourth-order valence-electron chi connectivity index (χ4n) is 4.39. The highest BCUT2D eigenvalue weighted by atomic mass is 79.9. The molecule has 3 nitrogen and oxygen atoms in total. The molecular weight excluding hydrogens is 539 g/mol. The van der Waals surface area contributed by atoms with Crippen molar-refractivity contribution in [1.29, 1.82) is 0 Å². The third kappa shape index (κ3) is 5.52. The number of rotatable bonds is 8. The Morgan fingerprint density at radius 3 is 2.64 bits per heavy atom. The minimum Gasteiger partial charge on any atom is -0.366 e. The Bertz CT molecular complexity index is 1070. The van der Waals surface area contributed by atoms with E-state index in [1.807, 2.05) is 12.2 Å². The van der Waals surface area contributed by atoms with Gasteiger partial charge in [0.05, 0.1) is 23.7 Å². The fraction of sp³-hybridized carbons (Fsp3) is 0.423. The number of alkyl halides is 1. The van der Waals surface area contributed by atoms with E-state index in [1.165, 1.54) is 18.4 Å². The van der Waals surface area contributed by atoms with E-state index in [4.69, 9.17) is 27.7 Å². The molecule has 0 spiro atoms. The molecule has 3 atom stereocenters.